The van der Waals surface area contributed by atoms with Gasteiger partial charge in [-0.1, -0.05) is 25.1 Å². The zero-order valence-corrected chi connectivity index (χ0v) is 14.5. The maximum absolute atomic E-state index is 12.6. The number of hydrogen-bond donors (Lipinski definition) is 2. The van der Waals surface area contributed by atoms with Crippen molar-refractivity contribution in [1.29, 1.82) is 0 Å². The molecule has 0 bridgehead atoms. The Balaban J connectivity index is 2.24. The predicted octanol–water partition coefficient (Wildman–Crippen LogP) is 3.34. The predicted molar refractivity (Wildman–Crippen MR) is 95.3 cm³/mol. The minimum atomic E-state index is -0.287. The first-order chi connectivity index (χ1) is 11.4. The molecule has 24 heavy (non-hydrogen) atoms. The van der Waals surface area contributed by atoms with E-state index in [1.165, 1.54) is 12.3 Å². The monoisotopic (exact) mass is 325 g/mol. The molecule has 0 spiro atoms. The second-order valence-corrected chi connectivity index (χ2v) is 5.97. The summed E-state index contributed by atoms with van der Waals surface area (Å²) in [5, 5.41) is 5.72. The number of nitrogens with zero attached hydrogens (tertiary/aromatic N) is 1. The molecule has 126 valence electrons. The first-order valence-corrected chi connectivity index (χ1v) is 8.09. The topological polar surface area (TPSA) is 71.1 Å². The summed E-state index contributed by atoms with van der Waals surface area (Å²) in [4.78, 5) is 28.6. The van der Waals surface area contributed by atoms with Crippen LogP contribution in [0, 0.1) is 6.92 Å². The summed E-state index contributed by atoms with van der Waals surface area (Å²) in [7, 11) is 0. The van der Waals surface area contributed by atoms with Crippen LogP contribution in [0.25, 0.3) is 0 Å². The molecule has 0 radical (unpaired) electrons. The SMILES string of the molecule is CCc1cccc(C)c1NC(=O)c1ccnc(C(=O)NC(C)C)c1. The van der Waals surface area contributed by atoms with Crippen LogP contribution in [0.2, 0.25) is 0 Å². The summed E-state index contributed by atoms with van der Waals surface area (Å²) < 4.78 is 0. The average Bonchev–Trinajstić information content (AvgIpc) is 2.56. The number of aryl methyl sites for hydroxylation is 2. The highest BCUT2D eigenvalue weighted by molar-refractivity contribution is 6.06. The summed E-state index contributed by atoms with van der Waals surface area (Å²) >= 11 is 0. The van der Waals surface area contributed by atoms with Crippen molar-refractivity contribution in [2.45, 2.75) is 40.2 Å². The van der Waals surface area contributed by atoms with Gasteiger partial charge in [0.25, 0.3) is 11.8 Å². The fraction of sp³-hybridized carbons (Fsp3) is 0.316. The summed E-state index contributed by atoms with van der Waals surface area (Å²) in [5.41, 5.74) is 3.56. The lowest BCUT2D eigenvalue weighted by molar-refractivity contribution is 0.0938. The van der Waals surface area contributed by atoms with Crippen LogP contribution in [0.5, 0.6) is 0 Å². The minimum absolute atomic E-state index is 0.0101. The number of aromatic nitrogens is 1. The van der Waals surface area contributed by atoms with Crippen molar-refractivity contribution in [3.8, 4) is 0 Å². The lowest BCUT2D eigenvalue weighted by atomic mass is 10.1. The largest absolute Gasteiger partial charge is 0.349 e. The van der Waals surface area contributed by atoms with Gasteiger partial charge < -0.3 is 10.6 Å². The Morgan fingerprint density at radius 3 is 2.58 bits per heavy atom. The number of para-hydroxylation sites is 1. The molecule has 0 saturated carbocycles. The fourth-order valence-corrected chi connectivity index (χ4v) is 2.42. The molecule has 1 aromatic carbocycles. The third kappa shape index (κ3) is 4.19. The molecule has 2 amide bonds. The minimum Gasteiger partial charge on any atom is -0.349 e. The zero-order valence-electron chi connectivity index (χ0n) is 14.5. The summed E-state index contributed by atoms with van der Waals surface area (Å²) in [5.74, 6) is -0.537. The molecule has 0 atom stereocenters. The normalized spacial score (nSPS) is 10.5. The zero-order chi connectivity index (χ0) is 17.7. The Morgan fingerprint density at radius 1 is 1.17 bits per heavy atom. The molecular weight excluding hydrogens is 302 g/mol. The summed E-state index contributed by atoms with van der Waals surface area (Å²) in [6.07, 6.45) is 2.30. The molecule has 0 unspecified atom stereocenters. The number of carbonyl (C=O) groups excluding carboxylic acids is 2. The van der Waals surface area contributed by atoms with Crippen LogP contribution < -0.4 is 10.6 Å². The van der Waals surface area contributed by atoms with E-state index in [-0.39, 0.29) is 23.6 Å². The van der Waals surface area contributed by atoms with Crippen LogP contribution in [0.1, 0.15) is 52.7 Å². The maximum atomic E-state index is 12.6. The molecule has 2 aromatic rings. The van der Waals surface area contributed by atoms with Crippen LogP contribution in [0.3, 0.4) is 0 Å². The van der Waals surface area contributed by atoms with E-state index in [9.17, 15) is 9.59 Å². The molecule has 0 aliphatic carbocycles. The number of amides is 2. The van der Waals surface area contributed by atoms with Gasteiger partial charge in [0.1, 0.15) is 5.69 Å². The first-order valence-electron chi connectivity index (χ1n) is 8.09. The van der Waals surface area contributed by atoms with Crippen molar-refractivity contribution in [3.05, 3.63) is 58.9 Å². The molecule has 5 nitrogen and oxygen atoms in total. The number of nitrogens with one attached hydrogen (secondary N) is 2. The van der Waals surface area contributed by atoms with Crippen molar-refractivity contribution in [2.24, 2.45) is 0 Å². The highest BCUT2D eigenvalue weighted by Crippen LogP contribution is 2.22. The number of carbonyl (C=O) groups is 2. The van der Waals surface area contributed by atoms with Crippen molar-refractivity contribution in [2.75, 3.05) is 5.32 Å². The lowest BCUT2D eigenvalue weighted by Crippen LogP contribution is -2.31. The van der Waals surface area contributed by atoms with E-state index in [2.05, 4.69) is 15.6 Å². The molecule has 0 aliphatic heterocycles. The van der Waals surface area contributed by atoms with E-state index in [1.54, 1.807) is 6.07 Å². The molecule has 2 N–H and O–H groups in total. The third-order valence-corrected chi connectivity index (χ3v) is 3.65. The molecule has 1 aromatic heterocycles. The van der Waals surface area contributed by atoms with Crippen LogP contribution in [-0.2, 0) is 6.42 Å². The molecule has 5 heteroatoms. The standard InChI is InChI=1S/C19H23N3O2/c1-5-14-8-6-7-13(4)17(14)22-18(23)15-9-10-20-16(11-15)19(24)21-12(2)3/h6-12H,5H2,1-4H3,(H,21,24)(H,22,23). The fourth-order valence-electron chi connectivity index (χ4n) is 2.42. The van der Waals surface area contributed by atoms with Gasteiger partial charge in [-0.3, -0.25) is 14.6 Å². The Labute approximate surface area is 142 Å². The number of benzene rings is 1. The Morgan fingerprint density at radius 2 is 1.92 bits per heavy atom. The van der Waals surface area contributed by atoms with E-state index in [4.69, 9.17) is 0 Å². The van der Waals surface area contributed by atoms with Crippen LogP contribution in [0.4, 0.5) is 5.69 Å². The van der Waals surface area contributed by atoms with Gasteiger partial charge in [-0.2, -0.15) is 0 Å². The van der Waals surface area contributed by atoms with Crippen molar-refractivity contribution < 1.29 is 9.59 Å². The molecule has 0 fully saturated rings. The maximum Gasteiger partial charge on any atom is 0.270 e. The van der Waals surface area contributed by atoms with Gasteiger partial charge in [0.15, 0.2) is 0 Å². The van der Waals surface area contributed by atoms with Gasteiger partial charge in [-0.15, -0.1) is 0 Å². The third-order valence-electron chi connectivity index (χ3n) is 3.65. The van der Waals surface area contributed by atoms with Gasteiger partial charge >= 0.3 is 0 Å². The van der Waals surface area contributed by atoms with E-state index in [0.717, 1.165) is 23.2 Å². The first kappa shape index (κ1) is 17.7. The molecule has 0 saturated heterocycles. The molecule has 1 heterocycles. The van der Waals surface area contributed by atoms with Gasteiger partial charge in [-0.05, 0) is 50.5 Å². The van der Waals surface area contributed by atoms with Crippen molar-refractivity contribution in [3.63, 3.8) is 0 Å². The second kappa shape index (κ2) is 7.73. The quantitative estimate of drug-likeness (QED) is 0.885. The number of pyridine rings is 1. The van der Waals surface area contributed by atoms with E-state index in [1.807, 2.05) is 45.9 Å². The highest BCUT2D eigenvalue weighted by Gasteiger charge is 2.14. The van der Waals surface area contributed by atoms with Crippen LogP contribution >= 0.6 is 0 Å². The average molecular weight is 325 g/mol. The van der Waals surface area contributed by atoms with Crippen molar-refractivity contribution in [1.82, 2.24) is 10.3 Å². The lowest BCUT2D eigenvalue weighted by Gasteiger charge is -2.13. The Kier molecular flexibility index (Phi) is 5.68. The Bertz CT molecular complexity index is 754. The van der Waals surface area contributed by atoms with Gasteiger partial charge in [0.05, 0.1) is 0 Å². The van der Waals surface area contributed by atoms with Crippen molar-refractivity contribution >= 4 is 17.5 Å². The molecule has 0 aliphatic rings. The second-order valence-electron chi connectivity index (χ2n) is 5.97. The van der Waals surface area contributed by atoms with Crippen LogP contribution in [0.15, 0.2) is 36.5 Å². The number of anilines is 1. The van der Waals surface area contributed by atoms with Gasteiger partial charge in [0, 0.05) is 23.5 Å². The molecule has 2 rings (SSSR count). The van der Waals surface area contributed by atoms with E-state index < -0.39 is 0 Å². The van der Waals surface area contributed by atoms with E-state index in [0.29, 0.717) is 5.56 Å². The number of rotatable bonds is 5. The highest BCUT2D eigenvalue weighted by atomic mass is 16.2. The smallest absolute Gasteiger partial charge is 0.270 e. The summed E-state index contributed by atoms with van der Waals surface area (Å²) in [6, 6.07) is 9.06. The Hall–Kier alpha value is -2.69. The number of hydrogen-bond acceptors (Lipinski definition) is 3. The van der Waals surface area contributed by atoms with Gasteiger partial charge in [0.2, 0.25) is 0 Å². The summed E-state index contributed by atoms with van der Waals surface area (Å²) in [6.45, 7) is 7.76. The van der Waals surface area contributed by atoms with E-state index >= 15 is 0 Å². The molecular formula is C19H23N3O2. The van der Waals surface area contributed by atoms with Gasteiger partial charge in [-0.25, -0.2) is 0 Å². The van der Waals surface area contributed by atoms with Crippen LogP contribution in [-0.4, -0.2) is 22.8 Å².